The summed E-state index contributed by atoms with van der Waals surface area (Å²) in [6.07, 6.45) is 3.12. The summed E-state index contributed by atoms with van der Waals surface area (Å²) < 4.78 is 6.33. The van der Waals surface area contributed by atoms with E-state index in [2.05, 4.69) is 27.6 Å². The average Bonchev–Trinajstić information content (AvgIpc) is 2.39. The summed E-state index contributed by atoms with van der Waals surface area (Å²) in [5.41, 5.74) is 1.45. The molecule has 0 aliphatic heterocycles. The summed E-state index contributed by atoms with van der Waals surface area (Å²) in [4.78, 5) is 15.5. The number of benzene rings is 1. The van der Waals surface area contributed by atoms with Crippen LogP contribution in [0.25, 0.3) is 0 Å². The zero-order chi connectivity index (χ0) is 12.1. The van der Waals surface area contributed by atoms with Crippen molar-refractivity contribution in [3.05, 3.63) is 63.5 Å². The summed E-state index contributed by atoms with van der Waals surface area (Å²) in [7, 11) is 0. The van der Waals surface area contributed by atoms with Crippen LogP contribution in [0.3, 0.4) is 0 Å². The Labute approximate surface area is 113 Å². The number of pyridine rings is 1. The zero-order valence-electron chi connectivity index (χ0n) is 8.97. The minimum Gasteiger partial charge on any atom is -0.457 e. The smallest absolute Gasteiger partial charge is 0.340 e. The number of carbonyl (C=O) groups excluding carboxylic acids is 1. The van der Waals surface area contributed by atoms with Gasteiger partial charge in [0, 0.05) is 16.0 Å². The molecule has 0 radical (unpaired) electrons. The Hall–Kier alpha value is -1.43. The SMILES string of the molecule is O=C(OCc1ccc(I)cc1)c1cccnc1. The van der Waals surface area contributed by atoms with Gasteiger partial charge in [-0.3, -0.25) is 4.98 Å². The van der Waals surface area contributed by atoms with E-state index in [1.54, 1.807) is 18.3 Å². The fourth-order valence-electron chi connectivity index (χ4n) is 1.30. The third-order valence-electron chi connectivity index (χ3n) is 2.18. The Morgan fingerprint density at radius 3 is 2.65 bits per heavy atom. The second kappa shape index (κ2) is 5.77. The quantitative estimate of drug-likeness (QED) is 0.637. The van der Waals surface area contributed by atoms with Gasteiger partial charge in [-0.05, 0) is 52.4 Å². The first-order valence-electron chi connectivity index (χ1n) is 5.07. The molecule has 0 fully saturated rings. The molecular weight excluding hydrogens is 329 g/mol. The summed E-state index contributed by atoms with van der Waals surface area (Å²) in [5.74, 6) is -0.350. The van der Waals surface area contributed by atoms with Gasteiger partial charge in [-0.25, -0.2) is 4.79 Å². The van der Waals surface area contributed by atoms with Crippen LogP contribution < -0.4 is 0 Å². The van der Waals surface area contributed by atoms with Gasteiger partial charge in [0.2, 0.25) is 0 Å². The number of nitrogens with zero attached hydrogens (tertiary/aromatic N) is 1. The molecule has 0 aliphatic rings. The number of esters is 1. The van der Waals surface area contributed by atoms with Crippen molar-refractivity contribution in [2.45, 2.75) is 6.61 Å². The van der Waals surface area contributed by atoms with Crippen LogP contribution in [0, 0.1) is 3.57 Å². The van der Waals surface area contributed by atoms with E-state index in [1.165, 1.54) is 6.20 Å². The molecule has 1 aromatic heterocycles. The molecule has 2 rings (SSSR count). The molecule has 0 bridgehead atoms. The highest BCUT2D eigenvalue weighted by Crippen LogP contribution is 2.09. The van der Waals surface area contributed by atoms with E-state index in [-0.39, 0.29) is 12.6 Å². The van der Waals surface area contributed by atoms with Gasteiger partial charge in [0.05, 0.1) is 5.56 Å². The fourth-order valence-corrected chi connectivity index (χ4v) is 1.66. The van der Waals surface area contributed by atoms with Crippen LogP contribution in [0.5, 0.6) is 0 Å². The Balaban J connectivity index is 1.95. The fraction of sp³-hybridized carbons (Fsp3) is 0.0769. The first-order chi connectivity index (χ1) is 8.25. The maximum Gasteiger partial charge on any atom is 0.340 e. The number of hydrogen-bond donors (Lipinski definition) is 0. The van der Waals surface area contributed by atoms with Crippen molar-refractivity contribution in [2.75, 3.05) is 0 Å². The highest BCUT2D eigenvalue weighted by Gasteiger charge is 2.06. The van der Waals surface area contributed by atoms with E-state index >= 15 is 0 Å². The van der Waals surface area contributed by atoms with Crippen molar-refractivity contribution in [3.8, 4) is 0 Å². The maximum atomic E-state index is 11.6. The number of ether oxygens (including phenoxy) is 1. The summed E-state index contributed by atoms with van der Waals surface area (Å²) in [6, 6.07) is 11.2. The number of halogens is 1. The third kappa shape index (κ3) is 3.52. The lowest BCUT2D eigenvalue weighted by atomic mass is 10.2. The largest absolute Gasteiger partial charge is 0.457 e. The number of aromatic nitrogens is 1. The van der Waals surface area contributed by atoms with Crippen LogP contribution in [0.2, 0.25) is 0 Å². The first-order valence-corrected chi connectivity index (χ1v) is 6.15. The van der Waals surface area contributed by atoms with E-state index in [4.69, 9.17) is 4.74 Å². The molecule has 17 heavy (non-hydrogen) atoms. The minimum absolute atomic E-state index is 0.282. The van der Waals surface area contributed by atoms with Gasteiger partial charge in [0.15, 0.2) is 0 Å². The van der Waals surface area contributed by atoms with Crippen molar-refractivity contribution >= 4 is 28.6 Å². The highest BCUT2D eigenvalue weighted by atomic mass is 127. The number of hydrogen-bond acceptors (Lipinski definition) is 3. The van der Waals surface area contributed by atoms with Crippen LogP contribution in [-0.4, -0.2) is 11.0 Å². The molecule has 4 heteroatoms. The topological polar surface area (TPSA) is 39.2 Å². The molecule has 1 aromatic carbocycles. The van der Waals surface area contributed by atoms with Crippen molar-refractivity contribution in [2.24, 2.45) is 0 Å². The Morgan fingerprint density at radius 2 is 2.00 bits per heavy atom. The second-order valence-electron chi connectivity index (χ2n) is 3.44. The van der Waals surface area contributed by atoms with Crippen molar-refractivity contribution in [3.63, 3.8) is 0 Å². The maximum absolute atomic E-state index is 11.6. The summed E-state index contributed by atoms with van der Waals surface area (Å²) in [6.45, 7) is 0.282. The minimum atomic E-state index is -0.350. The van der Waals surface area contributed by atoms with E-state index in [1.807, 2.05) is 24.3 Å². The van der Waals surface area contributed by atoms with E-state index in [0.29, 0.717) is 5.56 Å². The zero-order valence-corrected chi connectivity index (χ0v) is 11.1. The molecule has 86 valence electrons. The lowest BCUT2D eigenvalue weighted by Crippen LogP contribution is -2.05. The second-order valence-corrected chi connectivity index (χ2v) is 4.69. The standard InChI is InChI=1S/C13H10INO2/c14-12-5-3-10(4-6-12)9-17-13(16)11-2-1-7-15-8-11/h1-8H,9H2. The highest BCUT2D eigenvalue weighted by molar-refractivity contribution is 14.1. The Bertz CT molecular complexity index is 497. The van der Waals surface area contributed by atoms with Gasteiger partial charge in [0.25, 0.3) is 0 Å². The van der Waals surface area contributed by atoms with Crippen LogP contribution >= 0.6 is 22.6 Å². The molecule has 0 saturated carbocycles. The molecule has 0 N–H and O–H groups in total. The van der Waals surface area contributed by atoms with Gasteiger partial charge in [-0.15, -0.1) is 0 Å². The van der Waals surface area contributed by atoms with Gasteiger partial charge >= 0.3 is 5.97 Å². The lowest BCUT2D eigenvalue weighted by molar-refractivity contribution is 0.0472. The summed E-state index contributed by atoms with van der Waals surface area (Å²) >= 11 is 2.23. The average molecular weight is 339 g/mol. The molecule has 1 heterocycles. The first kappa shape index (κ1) is 12.0. The number of rotatable bonds is 3. The lowest BCUT2D eigenvalue weighted by Gasteiger charge is -2.04. The van der Waals surface area contributed by atoms with E-state index in [0.717, 1.165) is 9.13 Å². The third-order valence-corrected chi connectivity index (χ3v) is 2.90. The van der Waals surface area contributed by atoms with Gasteiger partial charge in [0.1, 0.15) is 6.61 Å². The van der Waals surface area contributed by atoms with Crippen LogP contribution in [0.15, 0.2) is 48.8 Å². The predicted molar refractivity (Wildman–Crippen MR) is 72.5 cm³/mol. The molecule has 0 amide bonds. The number of carbonyl (C=O) groups is 1. The molecule has 0 aliphatic carbocycles. The van der Waals surface area contributed by atoms with Crippen LogP contribution in [0.1, 0.15) is 15.9 Å². The molecule has 0 unspecified atom stereocenters. The molecule has 0 saturated heterocycles. The van der Waals surface area contributed by atoms with Crippen molar-refractivity contribution < 1.29 is 9.53 Å². The molecular formula is C13H10INO2. The van der Waals surface area contributed by atoms with Gasteiger partial charge in [-0.1, -0.05) is 12.1 Å². The molecule has 0 spiro atoms. The predicted octanol–water partition coefficient (Wildman–Crippen LogP) is 3.04. The van der Waals surface area contributed by atoms with E-state index in [9.17, 15) is 4.79 Å². The normalized spacial score (nSPS) is 9.94. The van der Waals surface area contributed by atoms with Gasteiger partial charge < -0.3 is 4.74 Å². The van der Waals surface area contributed by atoms with Crippen molar-refractivity contribution in [1.29, 1.82) is 0 Å². The van der Waals surface area contributed by atoms with Gasteiger partial charge in [-0.2, -0.15) is 0 Å². The summed E-state index contributed by atoms with van der Waals surface area (Å²) in [5, 5.41) is 0. The van der Waals surface area contributed by atoms with Crippen LogP contribution in [0.4, 0.5) is 0 Å². The molecule has 2 aromatic rings. The Morgan fingerprint density at radius 1 is 1.24 bits per heavy atom. The van der Waals surface area contributed by atoms with Crippen molar-refractivity contribution in [1.82, 2.24) is 4.98 Å². The monoisotopic (exact) mass is 339 g/mol. The molecule has 3 nitrogen and oxygen atoms in total. The Kier molecular flexibility index (Phi) is 4.08. The van der Waals surface area contributed by atoms with E-state index < -0.39 is 0 Å². The molecule has 0 atom stereocenters. The van der Waals surface area contributed by atoms with Crippen LogP contribution in [-0.2, 0) is 11.3 Å².